The smallest absolute Gasteiger partial charge is 0.327 e. The van der Waals surface area contributed by atoms with Gasteiger partial charge in [-0.1, -0.05) is 0 Å². The van der Waals surface area contributed by atoms with E-state index in [9.17, 15) is 14.4 Å². The molecule has 1 saturated heterocycles. The first-order chi connectivity index (χ1) is 6.06. The van der Waals surface area contributed by atoms with E-state index in [1.165, 1.54) is 0 Å². The number of nitrogens with zero attached hydrogens (tertiary/aromatic N) is 2. The Morgan fingerprint density at radius 2 is 2.15 bits per heavy atom. The molecule has 0 aliphatic carbocycles. The zero-order valence-electron chi connectivity index (χ0n) is 7.19. The number of aliphatic carboxylic acids is 1. The summed E-state index contributed by atoms with van der Waals surface area (Å²) in [6.07, 6.45) is 0. The van der Waals surface area contributed by atoms with Gasteiger partial charge in [0.1, 0.15) is 13.1 Å². The van der Waals surface area contributed by atoms with Gasteiger partial charge in [-0.25, -0.2) is 4.79 Å². The largest absolute Gasteiger partial charge is 0.480 e. The van der Waals surface area contributed by atoms with Crippen LogP contribution in [0.3, 0.4) is 0 Å². The number of carboxylic acid groups (broad SMARTS) is 1. The summed E-state index contributed by atoms with van der Waals surface area (Å²) in [5, 5.41) is 8.41. The maximum atomic E-state index is 11.3. The Labute approximate surface area is 74.7 Å². The van der Waals surface area contributed by atoms with Crippen LogP contribution >= 0.6 is 0 Å². The number of carbonyl (C=O) groups excluding carboxylic acids is 2. The summed E-state index contributed by atoms with van der Waals surface area (Å²) in [5.41, 5.74) is 0. The first-order valence-corrected chi connectivity index (χ1v) is 3.87. The second kappa shape index (κ2) is 3.42. The number of carbonyl (C=O) groups is 3. The van der Waals surface area contributed by atoms with Crippen molar-refractivity contribution >= 4 is 17.9 Å². The number of carboxylic acids is 1. The Bertz CT molecular complexity index is 263. The number of imide groups is 1. The van der Waals surface area contributed by atoms with E-state index < -0.39 is 18.5 Å². The van der Waals surface area contributed by atoms with Crippen LogP contribution < -0.4 is 0 Å². The number of hydrogen-bond donors (Lipinski definition) is 1. The van der Waals surface area contributed by atoms with Gasteiger partial charge in [-0.3, -0.25) is 14.5 Å². The molecule has 1 aliphatic heterocycles. The highest BCUT2D eigenvalue weighted by Crippen LogP contribution is 2.08. The quantitative estimate of drug-likeness (QED) is 0.594. The van der Waals surface area contributed by atoms with Crippen molar-refractivity contribution in [3.05, 3.63) is 0 Å². The van der Waals surface area contributed by atoms with E-state index in [2.05, 4.69) is 0 Å². The lowest BCUT2D eigenvalue weighted by Gasteiger charge is -2.12. The molecule has 72 valence electrons. The molecule has 1 N–H and O–H groups in total. The minimum absolute atomic E-state index is 0.126. The van der Waals surface area contributed by atoms with Crippen molar-refractivity contribution in [2.75, 3.05) is 19.6 Å². The SMILES string of the molecule is CCN1C(=O)CN(CC(=O)O)C1=O. The van der Waals surface area contributed by atoms with Crippen LogP contribution in [0.25, 0.3) is 0 Å². The van der Waals surface area contributed by atoms with Gasteiger partial charge in [0.2, 0.25) is 5.91 Å². The van der Waals surface area contributed by atoms with Crippen molar-refractivity contribution in [1.29, 1.82) is 0 Å². The fourth-order valence-corrected chi connectivity index (χ4v) is 1.19. The minimum Gasteiger partial charge on any atom is -0.480 e. The summed E-state index contributed by atoms with van der Waals surface area (Å²) in [7, 11) is 0. The van der Waals surface area contributed by atoms with Crippen molar-refractivity contribution in [3.63, 3.8) is 0 Å². The third-order valence-corrected chi connectivity index (χ3v) is 1.77. The van der Waals surface area contributed by atoms with Gasteiger partial charge < -0.3 is 10.0 Å². The van der Waals surface area contributed by atoms with Gasteiger partial charge in [-0.05, 0) is 6.92 Å². The summed E-state index contributed by atoms with van der Waals surface area (Å²) in [5.74, 6) is -1.45. The van der Waals surface area contributed by atoms with Crippen LogP contribution in [0.5, 0.6) is 0 Å². The van der Waals surface area contributed by atoms with Gasteiger partial charge in [0.05, 0.1) is 0 Å². The molecule has 3 amide bonds. The first kappa shape index (κ1) is 9.50. The van der Waals surface area contributed by atoms with Crippen molar-refractivity contribution < 1.29 is 19.5 Å². The van der Waals surface area contributed by atoms with E-state index in [1.807, 2.05) is 0 Å². The molecule has 13 heavy (non-hydrogen) atoms. The summed E-state index contributed by atoms with van der Waals surface area (Å²) in [6.45, 7) is 1.41. The predicted molar refractivity (Wildman–Crippen MR) is 42.0 cm³/mol. The van der Waals surface area contributed by atoms with Gasteiger partial charge >= 0.3 is 12.0 Å². The average molecular weight is 186 g/mol. The standard InChI is InChI=1S/C7H10N2O4/c1-2-9-5(10)3-8(7(9)13)4-6(11)12/h2-4H2,1H3,(H,11,12). The Kier molecular flexibility index (Phi) is 2.50. The molecule has 0 aromatic carbocycles. The third-order valence-electron chi connectivity index (χ3n) is 1.77. The van der Waals surface area contributed by atoms with E-state index in [0.29, 0.717) is 0 Å². The molecule has 6 nitrogen and oxygen atoms in total. The summed E-state index contributed by atoms with van der Waals surface area (Å²) in [4.78, 5) is 34.6. The second-order valence-corrected chi connectivity index (χ2v) is 2.67. The molecular formula is C7H10N2O4. The number of hydrogen-bond acceptors (Lipinski definition) is 3. The lowest BCUT2D eigenvalue weighted by Crippen LogP contribution is -2.35. The number of amides is 3. The van der Waals surface area contributed by atoms with E-state index in [0.717, 1.165) is 9.80 Å². The molecule has 0 atom stereocenters. The molecule has 1 heterocycles. The van der Waals surface area contributed by atoms with E-state index in [1.54, 1.807) is 6.92 Å². The Morgan fingerprint density at radius 1 is 1.54 bits per heavy atom. The van der Waals surface area contributed by atoms with Crippen molar-refractivity contribution in [3.8, 4) is 0 Å². The number of urea groups is 1. The van der Waals surface area contributed by atoms with Crippen LogP contribution in [-0.2, 0) is 9.59 Å². The van der Waals surface area contributed by atoms with Crippen LogP contribution in [0.15, 0.2) is 0 Å². The predicted octanol–water partition coefficient (Wildman–Crippen LogP) is -0.645. The number of likely N-dealkylation sites (N-methyl/N-ethyl adjacent to an activating group) is 1. The fraction of sp³-hybridized carbons (Fsp3) is 0.571. The van der Waals surface area contributed by atoms with E-state index in [-0.39, 0.29) is 19.0 Å². The molecule has 0 bridgehead atoms. The molecule has 0 unspecified atom stereocenters. The average Bonchev–Trinajstić information content (AvgIpc) is 2.26. The number of rotatable bonds is 3. The zero-order valence-corrected chi connectivity index (χ0v) is 7.19. The van der Waals surface area contributed by atoms with Crippen LogP contribution in [0.1, 0.15) is 6.92 Å². The van der Waals surface area contributed by atoms with Gasteiger partial charge in [-0.15, -0.1) is 0 Å². The molecule has 1 aliphatic rings. The topological polar surface area (TPSA) is 77.9 Å². The van der Waals surface area contributed by atoms with Crippen molar-refractivity contribution in [2.24, 2.45) is 0 Å². The normalized spacial score (nSPS) is 17.0. The Morgan fingerprint density at radius 3 is 2.54 bits per heavy atom. The Balaban J connectivity index is 2.67. The molecule has 0 saturated carbocycles. The summed E-state index contributed by atoms with van der Waals surface area (Å²) >= 11 is 0. The molecule has 6 heteroatoms. The van der Waals surface area contributed by atoms with Crippen LogP contribution in [-0.4, -0.2) is 52.4 Å². The molecule has 0 aromatic rings. The molecule has 1 fully saturated rings. The van der Waals surface area contributed by atoms with Gasteiger partial charge in [-0.2, -0.15) is 0 Å². The molecule has 0 radical (unpaired) electrons. The van der Waals surface area contributed by atoms with Crippen LogP contribution in [0, 0.1) is 0 Å². The summed E-state index contributed by atoms with van der Waals surface area (Å²) < 4.78 is 0. The van der Waals surface area contributed by atoms with E-state index in [4.69, 9.17) is 5.11 Å². The lowest BCUT2D eigenvalue weighted by atomic mass is 10.5. The van der Waals surface area contributed by atoms with Crippen LogP contribution in [0.2, 0.25) is 0 Å². The molecule has 1 rings (SSSR count). The third kappa shape index (κ3) is 1.77. The van der Waals surface area contributed by atoms with E-state index >= 15 is 0 Å². The Hall–Kier alpha value is -1.59. The highest BCUT2D eigenvalue weighted by Gasteiger charge is 2.35. The first-order valence-electron chi connectivity index (χ1n) is 3.87. The summed E-state index contributed by atoms with van der Waals surface area (Å²) in [6, 6.07) is -0.519. The molecule has 0 spiro atoms. The molecule has 0 aromatic heterocycles. The van der Waals surface area contributed by atoms with Gasteiger partial charge in [0.15, 0.2) is 0 Å². The molecular weight excluding hydrogens is 176 g/mol. The maximum absolute atomic E-state index is 11.3. The van der Waals surface area contributed by atoms with Gasteiger partial charge in [0, 0.05) is 6.54 Å². The minimum atomic E-state index is -1.11. The monoisotopic (exact) mass is 186 g/mol. The zero-order chi connectivity index (χ0) is 10.0. The fourth-order valence-electron chi connectivity index (χ4n) is 1.19. The highest BCUT2D eigenvalue weighted by molar-refractivity contribution is 6.02. The lowest BCUT2D eigenvalue weighted by molar-refractivity contribution is -0.137. The van der Waals surface area contributed by atoms with Crippen LogP contribution in [0.4, 0.5) is 4.79 Å². The highest BCUT2D eigenvalue weighted by atomic mass is 16.4. The maximum Gasteiger partial charge on any atom is 0.327 e. The second-order valence-electron chi connectivity index (χ2n) is 2.67. The van der Waals surface area contributed by atoms with Crippen molar-refractivity contribution in [1.82, 2.24) is 9.80 Å². The van der Waals surface area contributed by atoms with Crippen molar-refractivity contribution in [2.45, 2.75) is 6.92 Å². The van der Waals surface area contributed by atoms with Gasteiger partial charge in [0.25, 0.3) is 0 Å².